The number of amides is 3. The van der Waals surface area contributed by atoms with E-state index < -0.39 is 6.09 Å². The van der Waals surface area contributed by atoms with Crippen LogP contribution in [0.1, 0.15) is 5.56 Å². The molecule has 0 unspecified atom stereocenters. The van der Waals surface area contributed by atoms with E-state index in [1.165, 1.54) is 9.80 Å². The molecule has 2 aromatic carbocycles. The molecule has 7 heteroatoms. The zero-order chi connectivity index (χ0) is 19.8. The molecule has 0 fully saturated rings. The molecule has 6 nitrogen and oxygen atoms in total. The van der Waals surface area contributed by atoms with Gasteiger partial charge in [-0.05, 0) is 17.7 Å². The minimum absolute atomic E-state index is 0.159. The highest BCUT2D eigenvalue weighted by molar-refractivity contribution is 6.29. The maximum atomic E-state index is 12.6. The molecule has 0 saturated carbocycles. The number of hydrogen-bond donors (Lipinski definition) is 1. The minimum Gasteiger partial charge on any atom is -0.410 e. The first kappa shape index (κ1) is 20.3. The van der Waals surface area contributed by atoms with Crippen LogP contribution in [-0.2, 0) is 6.54 Å². The number of halogens is 1. The molecule has 0 saturated heterocycles. The van der Waals surface area contributed by atoms with Crippen molar-refractivity contribution in [1.29, 1.82) is 0 Å². The number of benzene rings is 2. The second kappa shape index (κ2) is 9.64. The summed E-state index contributed by atoms with van der Waals surface area (Å²) < 4.78 is 5.45. The lowest BCUT2D eigenvalue weighted by molar-refractivity contribution is 0.154. The molecule has 0 aromatic heterocycles. The van der Waals surface area contributed by atoms with Gasteiger partial charge in [0, 0.05) is 37.4 Å². The van der Waals surface area contributed by atoms with E-state index in [9.17, 15) is 9.59 Å². The van der Waals surface area contributed by atoms with Crippen LogP contribution in [0.4, 0.5) is 15.3 Å². The number of urea groups is 1. The van der Waals surface area contributed by atoms with Crippen LogP contribution in [0.25, 0.3) is 0 Å². The monoisotopic (exact) mass is 387 g/mol. The highest BCUT2D eigenvalue weighted by atomic mass is 35.5. The highest BCUT2D eigenvalue weighted by Crippen LogP contribution is 2.19. The molecule has 3 amide bonds. The van der Waals surface area contributed by atoms with E-state index in [2.05, 4.69) is 11.9 Å². The quantitative estimate of drug-likeness (QED) is 0.791. The zero-order valence-corrected chi connectivity index (χ0v) is 16.1. The first-order valence-electron chi connectivity index (χ1n) is 8.27. The lowest BCUT2D eigenvalue weighted by Gasteiger charge is -2.22. The molecule has 0 bridgehead atoms. The van der Waals surface area contributed by atoms with Crippen LogP contribution in [0.15, 0.2) is 66.2 Å². The summed E-state index contributed by atoms with van der Waals surface area (Å²) in [4.78, 5) is 27.2. The Morgan fingerprint density at radius 3 is 2.44 bits per heavy atom. The SMILES string of the molecule is C=C(Cl)CN(Cc1ccccc1)C(=O)Oc1cccc(NC(=O)N(C)C)c1. The molecular formula is C20H22ClN3O3. The fraction of sp³-hybridized carbons (Fsp3) is 0.200. The number of nitrogens with zero attached hydrogens (tertiary/aromatic N) is 2. The summed E-state index contributed by atoms with van der Waals surface area (Å²) in [6, 6.07) is 15.9. The third-order valence-electron chi connectivity index (χ3n) is 3.53. The highest BCUT2D eigenvalue weighted by Gasteiger charge is 2.17. The second-order valence-corrected chi connectivity index (χ2v) is 6.61. The molecular weight excluding hydrogens is 366 g/mol. The molecule has 0 aliphatic heterocycles. The van der Waals surface area contributed by atoms with Crippen LogP contribution in [0.2, 0.25) is 0 Å². The van der Waals surface area contributed by atoms with Gasteiger partial charge in [-0.2, -0.15) is 0 Å². The maximum absolute atomic E-state index is 12.6. The summed E-state index contributed by atoms with van der Waals surface area (Å²) in [5.41, 5.74) is 1.47. The molecule has 2 rings (SSSR count). The summed E-state index contributed by atoms with van der Waals surface area (Å²) in [6.07, 6.45) is -0.559. The number of carbonyl (C=O) groups is 2. The van der Waals surface area contributed by atoms with Gasteiger partial charge in [0.15, 0.2) is 0 Å². The Morgan fingerprint density at radius 2 is 1.81 bits per heavy atom. The zero-order valence-electron chi connectivity index (χ0n) is 15.3. The Labute approximate surface area is 164 Å². The lowest BCUT2D eigenvalue weighted by atomic mass is 10.2. The molecule has 0 atom stereocenters. The van der Waals surface area contributed by atoms with Crippen molar-refractivity contribution < 1.29 is 14.3 Å². The van der Waals surface area contributed by atoms with E-state index in [0.29, 0.717) is 23.0 Å². The summed E-state index contributed by atoms with van der Waals surface area (Å²) in [5, 5.41) is 3.03. The van der Waals surface area contributed by atoms with Gasteiger partial charge in [0.2, 0.25) is 0 Å². The first-order chi connectivity index (χ1) is 12.8. The molecule has 0 spiro atoms. The van der Waals surface area contributed by atoms with Gasteiger partial charge in [-0.15, -0.1) is 0 Å². The summed E-state index contributed by atoms with van der Waals surface area (Å²) in [6.45, 7) is 4.15. The van der Waals surface area contributed by atoms with E-state index >= 15 is 0 Å². The van der Waals surface area contributed by atoms with Crippen LogP contribution in [0, 0.1) is 0 Å². The lowest BCUT2D eigenvalue weighted by Crippen LogP contribution is -2.34. The predicted octanol–water partition coefficient (Wildman–Crippen LogP) is 4.53. The maximum Gasteiger partial charge on any atom is 0.415 e. The summed E-state index contributed by atoms with van der Waals surface area (Å²) >= 11 is 5.90. The minimum atomic E-state index is -0.559. The van der Waals surface area contributed by atoms with Crippen molar-refractivity contribution in [3.63, 3.8) is 0 Å². The average Bonchev–Trinajstić information content (AvgIpc) is 2.62. The Bertz CT molecular complexity index is 809. The number of anilines is 1. The van der Waals surface area contributed by atoms with E-state index in [1.807, 2.05) is 30.3 Å². The Balaban J connectivity index is 2.09. The van der Waals surface area contributed by atoms with Crippen molar-refractivity contribution in [2.45, 2.75) is 6.54 Å². The fourth-order valence-corrected chi connectivity index (χ4v) is 2.38. The van der Waals surface area contributed by atoms with Crippen molar-refractivity contribution in [3.8, 4) is 5.75 Å². The standard InChI is InChI=1S/C20H22ClN3O3/c1-15(21)13-24(14-16-8-5-4-6-9-16)20(26)27-18-11-7-10-17(12-18)22-19(25)23(2)3/h4-12H,1,13-14H2,2-3H3,(H,22,25). The summed E-state index contributed by atoms with van der Waals surface area (Å²) in [7, 11) is 3.28. The predicted molar refractivity (Wildman–Crippen MR) is 107 cm³/mol. The van der Waals surface area contributed by atoms with Gasteiger partial charge in [0.25, 0.3) is 0 Å². The number of carbonyl (C=O) groups excluding carboxylic acids is 2. The molecule has 27 heavy (non-hydrogen) atoms. The molecule has 142 valence electrons. The van der Waals surface area contributed by atoms with Gasteiger partial charge in [-0.3, -0.25) is 4.90 Å². The van der Waals surface area contributed by atoms with Gasteiger partial charge in [-0.1, -0.05) is 54.6 Å². The number of hydrogen-bond acceptors (Lipinski definition) is 3. The van der Waals surface area contributed by atoms with E-state index in [-0.39, 0.29) is 12.6 Å². The van der Waals surface area contributed by atoms with Crippen molar-refractivity contribution in [2.24, 2.45) is 0 Å². The van der Waals surface area contributed by atoms with Crippen LogP contribution in [0.3, 0.4) is 0 Å². The largest absolute Gasteiger partial charge is 0.415 e. The Kier molecular flexibility index (Phi) is 7.25. The van der Waals surface area contributed by atoms with Crippen molar-refractivity contribution in [1.82, 2.24) is 9.80 Å². The Morgan fingerprint density at radius 1 is 1.11 bits per heavy atom. The molecule has 1 N–H and O–H groups in total. The average molecular weight is 388 g/mol. The molecule has 0 aliphatic carbocycles. The Hall–Kier alpha value is -2.99. The normalized spacial score (nSPS) is 10.0. The van der Waals surface area contributed by atoms with Crippen LogP contribution < -0.4 is 10.1 Å². The van der Waals surface area contributed by atoms with Crippen molar-refractivity contribution in [3.05, 3.63) is 71.8 Å². The molecule has 0 heterocycles. The van der Waals surface area contributed by atoms with Crippen LogP contribution in [-0.4, -0.2) is 42.6 Å². The topological polar surface area (TPSA) is 61.9 Å². The van der Waals surface area contributed by atoms with Gasteiger partial charge >= 0.3 is 12.1 Å². The van der Waals surface area contributed by atoms with E-state index in [1.54, 1.807) is 38.4 Å². The summed E-state index contributed by atoms with van der Waals surface area (Å²) in [5.74, 6) is 0.315. The third-order valence-corrected chi connectivity index (χ3v) is 3.65. The first-order valence-corrected chi connectivity index (χ1v) is 8.65. The molecule has 2 aromatic rings. The third kappa shape index (κ3) is 6.67. The van der Waals surface area contributed by atoms with Gasteiger partial charge in [-0.25, -0.2) is 9.59 Å². The van der Waals surface area contributed by atoms with Crippen LogP contribution in [0.5, 0.6) is 5.75 Å². The van der Waals surface area contributed by atoms with Crippen molar-refractivity contribution in [2.75, 3.05) is 26.0 Å². The van der Waals surface area contributed by atoms with Gasteiger partial charge < -0.3 is 15.0 Å². The molecule has 0 radical (unpaired) electrons. The smallest absolute Gasteiger partial charge is 0.410 e. The number of rotatable bonds is 6. The van der Waals surface area contributed by atoms with E-state index in [4.69, 9.17) is 16.3 Å². The number of nitrogens with one attached hydrogen (secondary N) is 1. The number of ether oxygens (including phenoxy) is 1. The van der Waals surface area contributed by atoms with Crippen molar-refractivity contribution >= 4 is 29.4 Å². The van der Waals surface area contributed by atoms with E-state index in [0.717, 1.165) is 5.56 Å². The van der Waals surface area contributed by atoms with Gasteiger partial charge in [0.1, 0.15) is 5.75 Å². The fourth-order valence-electron chi connectivity index (χ4n) is 2.23. The van der Waals surface area contributed by atoms with Gasteiger partial charge in [0.05, 0.1) is 6.54 Å². The second-order valence-electron chi connectivity index (χ2n) is 6.08. The molecule has 0 aliphatic rings. The van der Waals surface area contributed by atoms with Crippen LogP contribution >= 0.6 is 11.6 Å².